The van der Waals surface area contributed by atoms with Crippen LogP contribution in [0.2, 0.25) is 0 Å². The van der Waals surface area contributed by atoms with E-state index >= 15 is 0 Å². The minimum Gasteiger partial charge on any atom is -0.394 e. The van der Waals surface area contributed by atoms with Crippen molar-refractivity contribution in [3.63, 3.8) is 0 Å². The van der Waals surface area contributed by atoms with Crippen molar-refractivity contribution in [3.8, 4) is 11.4 Å². The summed E-state index contributed by atoms with van der Waals surface area (Å²) < 4.78 is 7.44. The van der Waals surface area contributed by atoms with Crippen LogP contribution in [0.5, 0.6) is 0 Å². The lowest BCUT2D eigenvalue weighted by atomic mass is 10.1. The Balaban J connectivity index is 1.46. The first-order chi connectivity index (χ1) is 17.5. The number of aryl methyl sites for hydroxylation is 3. The Hall–Kier alpha value is -3.30. The average molecular weight is 488 g/mol. The van der Waals surface area contributed by atoms with E-state index in [0.717, 1.165) is 90.8 Å². The third kappa shape index (κ3) is 4.16. The molecule has 2 aliphatic rings. The summed E-state index contributed by atoms with van der Waals surface area (Å²) in [4.78, 5) is 17.0. The number of nitrogens with one attached hydrogen (secondary N) is 1. The minimum atomic E-state index is 0.0959. The van der Waals surface area contributed by atoms with Crippen LogP contribution in [-0.2, 0) is 4.74 Å². The molecule has 0 saturated carbocycles. The van der Waals surface area contributed by atoms with Crippen molar-refractivity contribution in [1.29, 1.82) is 0 Å². The molecular formula is C27H33N7O2. The highest BCUT2D eigenvalue weighted by atomic mass is 16.5. The van der Waals surface area contributed by atoms with Gasteiger partial charge in [0.15, 0.2) is 5.65 Å². The summed E-state index contributed by atoms with van der Waals surface area (Å²) in [7, 11) is 0. The number of ether oxygens (including phenoxy) is 1. The summed E-state index contributed by atoms with van der Waals surface area (Å²) in [6, 6.07) is 8.65. The monoisotopic (exact) mass is 487 g/mol. The third-order valence-electron chi connectivity index (χ3n) is 7.57. The number of anilines is 2. The number of aliphatic hydroxyl groups is 1. The normalized spacial score (nSPS) is 19.0. The maximum atomic E-state index is 9.92. The molecule has 0 aliphatic carbocycles. The van der Waals surface area contributed by atoms with Gasteiger partial charge in [-0.3, -0.25) is 0 Å². The van der Waals surface area contributed by atoms with Crippen LogP contribution in [0.4, 0.5) is 11.6 Å². The molecule has 188 valence electrons. The number of aliphatic hydroxyl groups excluding tert-OH is 1. The first-order valence-corrected chi connectivity index (χ1v) is 12.9. The minimum absolute atomic E-state index is 0.0959. The smallest absolute Gasteiger partial charge is 0.160 e. The van der Waals surface area contributed by atoms with Gasteiger partial charge in [-0.05, 0) is 69.7 Å². The van der Waals surface area contributed by atoms with Crippen molar-refractivity contribution in [2.75, 3.05) is 36.6 Å². The lowest BCUT2D eigenvalue weighted by molar-refractivity contribution is 0.0903. The fourth-order valence-corrected chi connectivity index (χ4v) is 5.35. The zero-order valence-corrected chi connectivity index (χ0v) is 21.2. The summed E-state index contributed by atoms with van der Waals surface area (Å²) in [5.41, 5.74) is 7.28. The highest BCUT2D eigenvalue weighted by Crippen LogP contribution is 2.30. The second-order valence-electron chi connectivity index (χ2n) is 10.1. The van der Waals surface area contributed by atoms with Crippen LogP contribution in [0.3, 0.4) is 0 Å². The summed E-state index contributed by atoms with van der Waals surface area (Å²) in [6.07, 6.45) is 3.92. The van der Waals surface area contributed by atoms with Gasteiger partial charge in [0, 0.05) is 37.9 Å². The third-order valence-corrected chi connectivity index (χ3v) is 7.57. The van der Waals surface area contributed by atoms with Gasteiger partial charge < -0.3 is 20.1 Å². The molecular weight excluding hydrogens is 454 g/mol. The number of fused-ring (bicyclic) bond motifs is 2. The molecule has 36 heavy (non-hydrogen) atoms. The maximum Gasteiger partial charge on any atom is 0.160 e. The molecule has 1 aromatic carbocycles. The molecule has 0 bridgehead atoms. The van der Waals surface area contributed by atoms with E-state index in [0.29, 0.717) is 6.04 Å². The van der Waals surface area contributed by atoms with Crippen LogP contribution >= 0.6 is 0 Å². The Morgan fingerprint density at radius 1 is 0.972 bits per heavy atom. The van der Waals surface area contributed by atoms with Crippen molar-refractivity contribution < 1.29 is 9.84 Å². The van der Waals surface area contributed by atoms with Gasteiger partial charge in [-0.1, -0.05) is 0 Å². The van der Waals surface area contributed by atoms with Gasteiger partial charge >= 0.3 is 0 Å². The molecule has 0 spiro atoms. The molecule has 0 radical (unpaired) electrons. The lowest BCUT2D eigenvalue weighted by Gasteiger charge is -2.27. The van der Waals surface area contributed by atoms with E-state index in [1.165, 1.54) is 11.1 Å². The molecule has 6 rings (SSSR count). The van der Waals surface area contributed by atoms with Crippen molar-refractivity contribution in [1.82, 2.24) is 24.6 Å². The molecule has 2 saturated heterocycles. The van der Waals surface area contributed by atoms with Crippen molar-refractivity contribution >= 4 is 28.3 Å². The number of rotatable bonds is 5. The van der Waals surface area contributed by atoms with E-state index in [1.54, 1.807) is 0 Å². The largest absolute Gasteiger partial charge is 0.394 e. The predicted octanol–water partition coefficient (Wildman–Crippen LogP) is 3.82. The van der Waals surface area contributed by atoms with Crippen LogP contribution in [0.25, 0.3) is 28.1 Å². The average Bonchev–Trinajstić information content (AvgIpc) is 3.52. The Bertz CT molecular complexity index is 1430. The number of aromatic nitrogens is 5. The quantitative estimate of drug-likeness (QED) is 0.438. The SMILES string of the molecule is Cc1cc2nc(C)c(-c3cc4nc(N5CCC[C@H]5CO)cc(NC5CCOCC5)n4n3)nc2cc1C. The fraction of sp³-hybridized carbons (Fsp3) is 0.481. The molecule has 3 aromatic heterocycles. The topological polar surface area (TPSA) is 101 Å². The first-order valence-electron chi connectivity index (χ1n) is 12.9. The first kappa shape index (κ1) is 23.1. The number of hydrogen-bond acceptors (Lipinski definition) is 8. The molecule has 5 heterocycles. The van der Waals surface area contributed by atoms with Crippen LogP contribution in [0.1, 0.15) is 42.5 Å². The van der Waals surface area contributed by atoms with E-state index in [9.17, 15) is 5.11 Å². The Morgan fingerprint density at radius 3 is 2.47 bits per heavy atom. The molecule has 9 nitrogen and oxygen atoms in total. The Labute approximate surface area is 210 Å². The molecule has 2 aliphatic heterocycles. The van der Waals surface area contributed by atoms with E-state index in [-0.39, 0.29) is 12.6 Å². The molecule has 2 fully saturated rings. The van der Waals surface area contributed by atoms with Crippen molar-refractivity contribution in [3.05, 3.63) is 41.1 Å². The summed E-state index contributed by atoms with van der Waals surface area (Å²) >= 11 is 0. The van der Waals surface area contributed by atoms with Crippen LogP contribution in [0, 0.1) is 20.8 Å². The van der Waals surface area contributed by atoms with Crippen LogP contribution in [0.15, 0.2) is 24.3 Å². The van der Waals surface area contributed by atoms with Crippen molar-refractivity contribution in [2.45, 2.75) is 58.5 Å². The molecule has 1 atom stereocenters. The zero-order valence-electron chi connectivity index (χ0n) is 21.2. The van der Waals surface area contributed by atoms with E-state index in [2.05, 4.69) is 42.3 Å². The highest BCUT2D eigenvalue weighted by Gasteiger charge is 2.27. The Kier molecular flexibility index (Phi) is 5.97. The molecule has 9 heteroatoms. The van der Waals surface area contributed by atoms with Gasteiger partial charge in [0.05, 0.1) is 29.4 Å². The molecule has 2 N–H and O–H groups in total. The van der Waals surface area contributed by atoms with Gasteiger partial charge in [-0.25, -0.2) is 15.0 Å². The number of hydrogen-bond donors (Lipinski definition) is 2. The fourth-order valence-electron chi connectivity index (χ4n) is 5.35. The van der Waals surface area contributed by atoms with Gasteiger partial charge in [-0.2, -0.15) is 9.61 Å². The maximum absolute atomic E-state index is 9.92. The van der Waals surface area contributed by atoms with Gasteiger partial charge in [0.1, 0.15) is 23.0 Å². The molecule has 0 amide bonds. The van der Waals surface area contributed by atoms with Crippen LogP contribution in [-0.4, -0.2) is 68.1 Å². The zero-order chi connectivity index (χ0) is 24.8. The molecule has 4 aromatic rings. The van der Waals surface area contributed by atoms with Crippen molar-refractivity contribution in [2.24, 2.45) is 0 Å². The highest BCUT2D eigenvalue weighted by molar-refractivity contribution is 5.80. The van der Waals surface area contributed by atoms with Gasteiger partial charge in [0.2, 0.25) is 0 Å². The van der Waals surface area contributed by atoms with Crippen LogP contribution < -0.4 is 10.2 Å². The second kappa shape index (κ2) is 9.29. The lowest BCUT2D eigenvalue weighted by Crippen LogP contribution is -2.33. The second-order valence-corrected chi connectivity index (χ2v) is 10.1. The standard InChI is InChI=1S/C27H33N7O2/c1-16-11-21-22(12-17(16)2)30-27(18(3)28-21)23-13-25-31-24(33-8-4-5-20(33)15-35)14-26(34(25)32-23)29-19-6-9-36-10-7-19/h11-14,19-20,29,35H,4-10,15H2,1-3H3/t20-/m0/s1. The molecule has 0 unspecified atom stereocenters. The summed E-state index contributed by atoms with van der Waals surface area (Å²) in [6.45, 7) is 8.71. The summed E-state index contributed by atoms with van der Waals surface area (Å²) in [5, 5.41) is 18.6. The Morgan fingerprint density at radius 2 is 1.72 bits per heavy atom. The summed E-state index contributed by atoms with van der Waals surface area (Å²) in [5.74, 6) is 1.77. The van der Waals surface area contributed by atoms with E-state index in [1.807, 2.05) is 17.5 Å². The number of nitrogens with zero attached hydrogens (tertiary/aromatic N) is 6. The van der Waals surface area contributed by atoms with Gasteiger partial charge in [0.25, 0.3) is 0 Å². The van der Waals surface area contributed by atoms with Gasteiger partial charge in [-0.15, -0.1) is 0 Å². The van der Waals surface area contributed by atoms with E-state index < -0.39 is 0 Å². The predicted molar refractivity (Wildman–Crippen MR) is 141 cm³/mol. The number of benzene rings is 1. The van der Waals surface area contributed by atoms with E-state index in [4.69, 9.17) is 24.8 Å².